The minimum atomic E-state index is -0.197. The van der Waals surface area contributed by atoms with Gasteiger partial charge in [-0.25, -0.2) is 0 Å². The van der Waals surface area contributed by atoms with Gasteiger partial charge in [0.25, 0.3) is 5.91 Å². The smallest absolute Gasteiger partial charge is 0.255 e. The largest absolute Gasteiger partial charge is 0.494 e. The van der Waals surface area contributed by atoms with Gasteiger partial charge in [0.1, 0.15) is 18.1 Å². The van der Waals surface area contributed by atoms with E-state index in [0.717, 1.165) is 16.6 Å². The van der Waals surface area contributed by atoms with Gasteiger partial charge in [-0.3, -0.25) is 4.79 Å². The zero-order valence-corrected chi connectivity index (χ0v) is 16.0. The van der Waals surface area contributed by atoms with E-state index in [1.807, 2.05) is 31.2 Å². The molecule has 0 aromatic heterocycles. The first-order valence-corrected chi connectivity index (χ1v) is 8.89. The van der Waals surface area contributed by atoms with E-state index in [4.69, 9.17) is 14.2 Å². The molecule has 0 saturated heterocycles. The number of hydrogen-bond acceptors (Lipinski definition) is 4. The van der Waals surface area contributed by atoms with Gasteiger partial charge in [-0.1, -0.05) is 13.0 Å². The van der Waals surface area contributed by atoms with Crippen molar-refractivity contribution in [3.05, 3.63) is 52.5 Å². The predicted molar refractivity (Wildman–Crippen MR) is 102 cm³/mol. The first kappa shape index (κ1) is 19.3. The first-order valence-electron chi connectivity index (χ1n) is 8.09. The Hall–Kier alpha value is -2.05. The Balaban J connectivity index is 2.02. The fourth-order valence-corrected chi connectivity index (χ4v) is 2.57. The molecule has 0 unspecified atom stereocenters. The van der Waals surface area contributed by atoms with E-state index in [2.05, 4.69) is 21.2 Å². The molecule has 5 nitrogen and oxygen atoms in total. The predicted octanol–water partition coefficient (Wildman–Crippen LogP) is 4.52. The zero-order chi connectivity index (χ0) is 18.1. The molecule has 25 heavy (non-hydrogen) atoms. The van der Waals surface area contributed by atoms with Gasteiger partial charge in [0.15, 0.2) is 0 Å². The number of nitrogens with one attached hydrogen (secondary N) is 1. The number of halogens is 1. The molecule has 0 heterocycles. The van der Waals surface area contributed by atoms with Crippen molar-refractivity contribution in [1.82, 2.24) is 0 Å². The normalized spacial score (nSPS) is 10.4. The Kier molecular flexibility index (Phi) is 7.76. The summed E-state index contributed by atoms with van der Waals surface area (Å²) in [6.07, 6.45) is 0.934. The number of carbonyl (C=O) groups excluding carboxylic acids is 1. The van der Waals surface area contributed by atoms with E-state index in [1.165, 1.54) is 0 Å². The second-order valence-corrected chi connectivity index (χ2v) is 6.17. The van der Waals surface area contributed by atoms with Crippen LogP contribution in [0.4, 0.5) is 5.69 Å². The number of amides is 1. The summed E-state index contributed by atoms with van der Waals surface area (Å²) in [5.74, 6) is 1.21. The van der Waals surface area contributed by atoms with E-state index < -0.39 is 0 Å². The molecular weight excluding hydrogens is 386 g/mol. The van der Waals surface area contributed by atoms with Gasteiger partial charge in [-0.05, 0) is 52.7 Å². The number of anilines is 1. The van der Waals surface area contributed by atoms with Gasteiger partial charge in [-0.2, -0.15) is 0 Å². The lowest BCUT2D eigenvalue weighted by molar-refractivity contribution is 0.102. The molecule has 0 saturated carbocycles. The van der Waals surface area contributed by atoms with Crippen molar-refractivity contribution < 1.29 is 19.0 Å². The highest BCUT2D eigenvalue weighted by Gasteiger charge is 2.10. The topological polar surface area (TPSA) is 56.8 Å². The minimum Gasteiger partial charge on any atom is -0.494 e. The molecule has 2 aromatic rings. The van der Waals surface area contributed by atoms with Crippen molar-refractivity contribution >= 4 is 27.5 Å². The number of rotatable bonds is 9. The third-order valence-corrected chi connectivity index (χ3v) is 3.92. The monoisotopic (exact) mass is 407 g/mol. The molecule has 2 aromatic carbocycles. The maximum absolute atomic E-state index is 12.4. The van der Waals surface area contributed by atoms with Crippen molar-refractivity contribution in [2.75, 3.05) is 32.2 Å². The molecule has 0 aliphatic heterocycles. The van der Waals surface area contributed by atoms with Crippen molar-refractivity contribution in [2.45, 2.75) is 13.3 Å². The van der Waals surface area contributed by atoms with E-state index in [9.17, 15) is 4.79 Å². The average Bonchev–Trinajstić information content (AvgIpc) is 2.61. The molecule has 0 aliphatic carbocycles. The van der Waals surface area contributed by atoms with Gasteiger partial charge < -0.3 is 19.5 Å². The number of hydrogen-bond donors (Lipinski definition) is 1. The van der Waals surface area contributed by atoms with Crippen molar-refractivity contribution in [3.63, 3.8) is 0 Å². The Morgan fingerprint density at radius 3 is 2.64 bits per heavy atom. The third kappa shape index (κ3) is 6.07. The molecule has 0 aliphatic rings. The molecule has 134 valence electrons. The van der Waals surface area contributed by atoms with Crippen molar-refractivity contribution in [1.29, 1.82) is 0 Å². The highest BCUT2D eigenvalue weighted by molar-refractivity contribution is 9.10. The lowest BCUT2D eigenvalue weighted by Crippen LogP contribution is -2.12. The Labute approximate surface area is 156 Å². The molecule has 6 heteroatoms. The van der Waals surface area contributed by atoms with Crippen LogP contribution in [0.25, 0.3) is 0 Å². The fraction of sp³-hybridized carbons (Fsp3) is 0.316. The highest BCUT2D eigenvalue weighted by atomic mass is 79.9. The van der Waals surface area contributed by atoms with Crippen LogP contribution in [0.5, 0.6) is 11.5 Å². The molecule has 0 radical (unpaired) electrons. The average molecular weight is 408 g/mol. The summed E-state index contributed by atoms with van der Waals surface area (Å²) in [4.78, 5) is 12.4. The Bertz CT molecular complexity index is 706. The Morgan fingerprint density at radius 1 is 1.08 bits per heavy atom. The van der Waals surface area contributed by atoms with E-state index in [1.54, 1.807) is 25.3 Å². The van der Waals surface area contributed by atoms with Crippen LogP contribution in [-0.4, -0.2) is 32.8 Å². The summed E-state index contributed by atoms with van der Waals surface area (Å²) in [5.41, 5.74) is 1.22. The van der Waals surface area contributed by atoms with Crippen LogP contribution in [0.2, 0.25) is 0 Å². The second-order valence-electron chi connectivity index (χ2n) is 5.32. The van der Waals surface area contributed by atoms with Gasteiger partial charge in [0.2, 0.25) is 0 Å². The minimum absolute atomic E-state index is 0.197. The zero-order valence-electron chi connectivity index (χ0n) is 14.4. The van der Waals surface area contributed by atoms with Crippen LogP contribution in [0.15, 0.2) is 46.9 Å². The number of carbonyl (C=O) groups is 1. The first-order chi connectivity index (χ1) is 12.1. The second kappa shape index (κ2) is 10.1. The fourth-order valence-electron chi connectivity index (χ4n) is 2.08. The van der Waals surface area contributed by atoms with Crippen LogP contribution >= 0.6 is 15.9 Å². The molecule has 0 atom stereocenters. The summed E-state index contributed by atoms with van der Waals surface area (Å²) in [7, 11) is 1.62. The SMILES string of the molecule is CCCOc1cccc(NC(=O)c2ccc(OCCOC)c(Br)c2)c1. The van der Waals surface area contributed by atoms with Crippen LogP contribution in [0.1, 0.15) is 23.7 Å². The van der Waals surface area contributed by atoms with E-state index >= 15 is 0 Å². The van der Waals surface area contributed by atoms with Crippen LogP contribution in [-0.2, 0) is 4.74 Å². The number of ether oxygens (including phenoxy) is 3. The van der Waals surface area contributed by atoms with Crippen LogP contribution in [0.3, 0.4) is 0 Å². The summed E-state index contributed by atoms with van der Waals surface area (Å²) in [6, 6.07) is 12.6. The van der Waals surface area contributed by atoms with Gasteiger partial charge in [-0.15, -0.1) is 0 Å². The molecule has 0 bridgehead atoms. The standard InChI is InChI=1S/C19H22BrNO4/c1-3-9-24-16-6-4-5-15(13-16)21-19(22)14-7-8-18(17(20)12-14)25-11-10-23-2/h4-8,12-13H,3,9-11H2,1-2H3,(H,21,22). The highest BCUT2D eigenvalue weighted by Crippen LogP contribution is 2.26. The lowest BCUT2D eigenvalue weighted by atomic mass is 10.2. The van der Waals surface area contributed by atoms with E-state index in [0.29, 0.717) is 36.8 Å². The number of methoxy groups -OCH3 is 1. The van der Waals surface area contributed by atoms with Gasteiger partial charge >= 0.3 is 0 Å². The molecule has 0 fully saturated rings. The van der Waals surface area contributed by atoms with Crippen LogP contribution in [0, 0.1) is 0 Å². The molecule has 1 N–H and O–H groups in total. The number of benzene rings is 2. The third-order valence-electron chi connectivity index (χ3n) is 3.30. The maximum Gasteiger partial charge on any atom is 0.255 e. The maximum atomic E-state index is 12.4. The summed E-state index contributed by atoms with van der Waals surface area (Å²) < 4.78 is 16.8. The quantitative estimate of drug-likeness (QED) is 0.620. The van der Waals surface area contributed by atoms with E-state index in [-0.39, 0.29) is 5.91 Å². The molecule has 2 rings (SSSR count). The summed E-state index contributed by atoms with van der Waals surface area (Å²) in [6.45, 7) is 3.65. The molecule has 1 amide bonds. The van der Waals surface area contributed by atoms with Crippen molar-refractivity contribution in [3.8, 4) is 11.5 Å². The lowest BCUT2D eigenvalue weighted by Gasteiger charge is -2.11. The van der Waals surface area contributed by atoms with Crippen LogP contribution < -0.4 is 14.8 Å². The summed E-state index contributed by atoms with van der Waals surface area (Å²) >= 11 is 3.43. The molecular formula is C19H22BrNO4. The summed E-state index contributed by atoms with van der Waals surface area (Å²) in [5, 5.41) is 2.87. The molecule has 0 spiro atoms. The van der Waals surface area contributed by atoms with Gasteiger partial charge in [0.05, 0.1) is 17.7 Å². The van der Waals surface area contributed by atoms with Crippen molar-refractivity contribution in [2.24, 2.45) is 0 Å². The van der Waals surface area contributed by atoms with Gasteiger partial charge in [0, 0.05) is 24.4 Å². The Morgan fingerprint density at radius 2 is 1.92 bits per heavy atom.